The molecule has 1 amide bonds. The van der Waals surface area contributed by atoms with E-state index in [9.17, 15) is 20.0 Å². The van der Waals surface area contributed by atoms with Crippen LogP contribution in [0.2, 0.25) is 0 Å². The third kappa shape index (κ3) is 3.29. The number of β-lactam (4-membered cyclic amide) rings is 1. The molecule has 4 atom stereocenters. The standard InChI is InChI=1S/C19H23N3O4S2/c1-3-15(23)16-17(24)21-11(2)19(28-18(16)21)27-14-8-9-20(10-14)12-4-6-13(7-5-12)22(25)26/h4-7,14-16,18,23H,3,8-10H2,1-2H3/t14-,15-,16+,18+/m0/s1. The third-order valence-corrected chi connectivity index (χ3v) is 8.71. The second kappa shape index (κ2) is 7.61. The van der Waals surface area contributed by atoms with Crippen molar-refractivity contribution in [2.45, 2.75) is 43.4 Å². The lowest BCUT2D eigenvalue weighted by molar-refractivity contribution is -0.384. The predicted molar refractivity (Wildman–Crippen MR) is 112 cm³/mol. The summed E-state index contributed by atoms with van der Waals surface area (Å²) in [6.07, 6.45) is 1.05. The van der Waals surface area contributed by atoms with Crippen LogP contribution in [0, 0.1) is 16.0 Å². The summed E-state index contributed by atoms with van der Waals surface area (Å²) in [6.45, 7) is 5.68. The highest BCUT2D eigenvalue weighted by Gasteiger charge is 2.55. The van der Waals surface area contributed by atoms with Gasteiger partial charge in [-0.05, 0) is 31.9 Å². The van der Waals surface area contributed by atoms with Crippen LogP contribution in [0.5, 0.6) is 0 Å². The normalized spacial score (nSPS) is 27.8. The smallest absolute Gasteiger partial charge is 0.269 e. The fourth-order valence-corrected chi connectivity index (χ4v) is 7.25. The first kappa shape index (κ1) is 19.6. The van der Waals surface area contributed by atoms with E-state index in [0.717, 1.165) is 30.9 Å². The summed E-state index contributed by atoms with van der Waals surface area (Å²) < 4.78 is 1.18. The zero-order valence-corrected chi connectivity index (χ0v) is 17.4. The molecule has 3 heterocycles. The molecule has 2 fully saturated rings. The van der Waals surface area contributed by atoms with E-state index in [1.165, 1.54) is 4.24 Å². The van der Waals surface area contributed by atoms with Crippen LogP contribution in [0.3, 0.4) is 0 Å². The average molecular weight is 422 g/mol. The highest BCUT2D eigenvalue weighted by atomic mass is 32.2. The Hall–Kier alpha value is -1.71. The second-order valence-electron chi connectivity index (χ2n) is 7.34. The Morgan fingerprint density at radius 1 is 1.39 bits per heavy atom. The Balaban J connectivity index is 1.38. The minimum Gasteiger partial charge on any atom is -0.392 e. The van der Waals surface area contributed by atoms with Crippen molar-refractivity contribution in [1.82, 2.24) is 4.90 Å². The summed E-state index contributed by atoms with van der Waals surface area (Å²) in [4.78, 5) is 26.9. The molecule has 3 aliphatic heterocycles. The van der Waals surface area contributed by atoms with Crippen molar-refractivity contribution in [2.75, 3.05) is 18.0 Å². The number of hydrogen-bond donors (Lipinski definition) is 1. The van der Waals surface area contributed by atoms with Crippen LogP contribution in [-0.2, 0) is 4.79 Å². The summed E-state index contributed by atoms with van der Waals surface area (Å²) in [5.41, 5.74) is 2.12. The zero-order chi connectivity index (χ0) is 20.0. The Bertz CT molecular complexity index is 829. The van der Waals surface area contributed by atoms with E-state index < -0.39 is 6.10 Å². The average Bonchev–Trinajstić information content (AvgIpc) is 3.25. The van der Waals surface area contributed by atoms with Gasteiger partial charge in [0, 0.05) is 41.9 Å². The van der Waals surface area contributed by atoms with Crippen LogP contribution in [0.1, 0.15) is 26.7 Å². The molecular formula is C19H23N3O4S2. The number of rotatable bonds is 6. The lowest BCUT2D eigenvalue weighted by Crippen LogP contribution is -2.60. The fourth-order valence-electron chi connectivity index (χ4n) is 3.98. The molecule has 3 aliphatic rings. The van der Waals surface area contributed by atoms with Gasteiger partial charge in [-0.1, -0.05) is 18.7 Å². The molecule has 1 aromatic carbocycles. The largest absolute Gasteiger partial charge is 0.392 e. The summed E-state index contributed by atoms with van der Waals surface area (Å²) in [5, 5.41) is 21.4. The maximum Gasteiger partial charge on any atom is 0.269 e. The van der Waals surface area contributed by atoms with Crippen LogP contribution >= 0.6 is 23.5 Å². The van der Waals surface area contributed by atoms with Gasteiger partial charge in [-0.25, -0.2) is 0 Å². The van der Waals surface area contributed by atoms with Gasteiger partial charge in [-0.2, -0.15) is 0 Å². The van der Waals surface area contributed by atoms with Crippen molar-refractivity contribution in [3.05, 3.63) is 44.3 Å². The van der Waals surface area contributed by atoms with Gasteiger partial charge in [0.15, 0.2) is 0 Å². The van der Waals surface area contributed by atoms with Crippen LogP contribution in [-0.4, -0.2) is 50.7 Å². The molecule has 0 aromatic heterocycles. The molecule has 0 aliphatic carbocycles. The number of benzene rings is 1. The number of non-ortho nitro benzene ring substituents is 1. The summed E-state index contributed by atoms with van der Waals surface area (Å²) >= 11 is 3.52. The molecule has 0 saturated carbocycles. The summed E-state index contributed by atoms with van der Waals surface area (Å²) in [5.74, 6) is -0.248. The maximum absolute atomic E-state index is 12.4. The zero-order valence-electron chi connectivity index (χ0n) is 15.8. The Morgan fingerprint density at radius 2 is 2.11 bits per heavy atom. The number of allylic oxidation sites excluding steroid dienone is 1. The number of nitrogens with zero attached hydrogens (tertiary/aromatic N) is 3. The van der Waals surface area contributed by atoms with Crippen LogP contribution in [0.15, 0.2) is 34.2 Å². The summed E-state index contributed by atoms with van der Waals surface area (Å²) in [6, 6.07) is 6.71. The van der Waals surface area contributed by atoms with Gasteiger partial charge in [-0.15, -0.1) is 11.8 Å². The van der Waals surface area contributed by atoms with Crippen LogP contribution in [0.25, 0.3) is 0 Å². The molecule has 7 nitrogen and oxygen atoms in total. The van der Waals surface area contributed by atoms with Crippen LogP contribution in [0.4, 0.5) is 11.4 Å². The van der Waals surface area contributed by atoms with E-state index in [4.69, 9.17) is 0 Å². The van der Waals surface area contributed by atoms with Gasteiger partial charge in [0.25, 0.3) is 5.69 Å². The number of carbonyl (C=O) groups is 1. The molecule has 4 rings (SSSR count). The van der Waals surface area contributed by atoms with Gasteiger partial charge >= 0.3 is 0 Å². The number of nitro groups is 1. The molecule has 2 saturated heterocycles. The van der Waals surface area contributed by atoms with E-state index in [0.29, 0.717) is 11.7 Å². The summed E-state index contributed by atoms with van der Waals surface area (Å²) in [7, 11) is 0. The molecule has 0 spiro atoms. The number of fused-ring (bicyclic) bond motifs is 1. The van der Waals surface area contributed by atoms with E-state index >= 15 is 0 Å². The molecule has 1 N–H and O–H groups in total. The molecule has 0 unspecified atom stereocenters. The minimum atomic E-state index is -0.567. The number of carbonyl (C=O) groups excluding carboxylic acids is 1. The number of amides is 1. The fraction of sp³-hybridized carbons (Fsp3) is 0.526. The molecular weight excluding hydrogens is 398 g/mol. The lowest BCUT2D eigenvalue weighted by Gasteiger charge is -2.44. The van der Waals surface area contributed by atoms with Crippen molar-refractivity contribution >= 4 is 40.8 Å². The molecule has 9 heteroatoms. The Morgan fingerprint density at radius 3 is 2.75 bits per heavy atom. The highest BCUT2D eigenvalue weighted by Crippen LogP contribution is 2.55. The first-order valence-corrected chi connectivity index (χ1v) is 11.2. The number of aliphatic hydroxyl groups is 1. The molecule has 28 heavy (non-hydrogen) atoms. The number of hydrogen-bond acceptors (Lipinski definition) is 7. The molecule has 150 valence electrons. The SMILES string of the molecule is CC[C@H](O)[C@@H]1C(=O)N2C(C)=C(S[C@H]3CCN(c4ccc([N+](=O)[O-])cc4)C3)S[C@H]12. The minimum absolute atomic E-state index is 0.0390. The van der Waals surface area contributed by atoms with Gasteiger partial charge in [0.05, 0.1) is 21.2 Å². The van der Waals surface area contributed by atoms with Crippen molar-refractivity contribution in [3.8, 4) is 0 Å². The quantitative estimate of drug-likeness (QED) is 0.428. The van der Waals surface area contributed by atoms with Crippen molar-refractivity contribution in [3.63, 3.8) is 0 Å². The van der Waals surface area contributed by atoms with Crippen LogP contribution < -0.4 is 4.90 Å². The van der Waals surface area contributed by atoms with Gasteiger partial charge in [-0.3, -0.25) is 14.9 Å². The highest BCUT2D eigenvalue weighted by molar-refractivity contribution is 8.23. The maximum atomic E-state index is 12.4. The molecule has 1 aromatic rings. The third-order valence-electron chi connectivity index (χ3n) is 5.65. The molecule has 0 radical (unpaired) electrons. The number of anilines is 1. The topological polar surface area (TPSA) is 86.9 Å². The lowest BCUT2D eigenvalue weighted by atomic mass is 9.90. The predicted octanol–water partition coefficient (Wildman–Crippen LogP) is 3.40. The van der Waals surface area contributed by atoms with Crippen molar-refractivity contribution in [2.24, 2.45) is 5.92 Å². The Kier molecular flexibility index (Phi) is 5.32. The first-order chi connectivity index (χ1) is 13.4. The van der Waals surface area contributed by atoms with Gasteiger partial charge in [0.2, 0.25) is 5.91 Å². The number of nitro benzene ring substituents is 1. The van der Waals surface area contributed by atoms with E-state index in [1.807, 2.05) is 30.5 Å². The van der Waals surface area contributed by atoms with E-state index in [1.54, 1.807) is 36.0 Å². The van der Waals surface area contributed by atoms with Crippen molar-refractivity contribution in [1.29, 1.82) is 0 Å². The van der Waals surface area contributed by atoms with Crippen molar-refractivity contribution < 1.29 is 14.8 Å². The Labute approximate surface area is 172 Å². The van der Waals surface area contributed by atoms with Gasteiger partial charge < -0.3 is 14.9 Å². The van der Waals surface area contributed by atoms with Gasteiger partial charge in [0.1, 0.15) is 5.37 Å². The molecule has 0 bridgehead atoms. The number of aliphatic hydroxyl groups excluding tert-OH is 1. The second-order valence-corrected chi connectivity index (χ2v) is 10.0. The monoisotopic (exact) mass is 421 g/mol. The first-order valence-electron chi connectivity index (χ1n) is 9.45. The van der Waals surface area contributed by atoms with E-state index in [2.05, 4.69) is 4.90 Å². The van der Waals surface area contributed by atoms with E-state index in [-0.39, 0.29) is 27.8 Å². The number of thioether (sulfide) groups is 2.